The molecule has 84 valence electrons. The van der Waals surface area contributed by atoms with E-state index in [2.05, 4.69) is 0 Å². The van der Waals surface area contributed by atoms with E-state index in [4.69, 9.17) is 0 Å². The molecule has 2 heterocycles. The Morgan fingerprint density at radius 3 is 2.88 bits per heavy atom. The number of amides is 2. The number of hydrogen-bond donors (Lipinski definition) is 0. The molecule has 0 aromatic carbocycles. The van der Waals surface area contributed by atoms with Crippen LogP contribution in [0.3, 0.4) is 0 Å². The molecule has 0 bridgehead atoms. The van der Waals surface area contributed by atoms with Crippen LogP contribution in [0, 0.1) is 0 Å². The topological polar surface area (TPSA) is 54.5 Å². The monoisotopic (exact) mass is 255 g/mol. The summed E-state index contributed by atoms with van der Waals surface area (Å²) < 4.78 is 0. The van der Waals surface area contributed by atoms with Gasteiger partial charge in [0.15, 0.2) is 0 Å². The highest BCUT2D eigenvalue weighted by Crippen LogP contribution is 2.17. The van der Waals surface area contributed by atoms with Gasteiger partial charge in [-0.15, -0.1) is 0 Å². The first-order valence-corrected chi connectivity index (χ1v) is 6.68. The van der Waals surface area contributed by atoms with Crippen molar-refractivity contribution in [2.75, 3.05) is 12.3 Å². The summed E-state index contributed by atoms with van der Waals surface area (Å²) in [4.78, 5) is 35.9. The molecule has 1 aliphatic rings. The van der Waals surface area contributed by atoms with E-state index in [0.29, 0.717) is 24.3 Å². The molecule has 16 heavy (non-hydrogen) atoms. The minimum atomic E-state index is -0.696. The Bertz CT molecular complexity index is 427. The minimum absolute atomic E-state index is 0.326. The van der Waals surface area contributed by atoms with Gasteiger partial charge in [-0.2, -0.15) is 11.3 Å². The molecule has 2 rings (SSSR count). The van der Waals surface area contributed by atoms with E-state index in [-0.39, 0.29) is 5.91 Å². The van der Waals surface area contributed by atoms with Crippen molar-refractivity contribution in [1.29, 1.82) is 0 Å². The lowest BCUT2D eigenvalue weighted by molar-refractivity contribution is -0.138. The van der Waals surface area contributed by atoms with E-state index >= 15 is 0 Å². The molecule has 1 aromatic heterocycles. The first kappa shape index (κ1) is 11.3. The van der Waals surface area contributed by atoms with E-state index in [1.807, 2.05) is 0 Å². The summed E-state index contributed by atoms with van der Waals surface area (Å²) in [6.45, 7) is 0.326. The molecule has 1 aliphatic heterocycles. The lowest BCUT2D eigenvalue weighted by Crippen LogP contribution is -2.39. The fraction of sp³-hybridized carbons (Fsp3) is 0.300. The van der Waals surface area contributed by atoms with Crippen LogP contribution < -0.4 is 0 Å². The van der Waals surface area contributed by atoms with Crippen molar-refractivity contribution in [1.82, 2.24) is 4.90 Å². The van der Waals surface area contributed by atoms with Crippen LogP contribution in [0.25, 0.3) is 0 Å². The smallest absolute Gasteiger partial charge is 0.276 e. The van der Waals surface area contributed by atoms with Crippen LogP contribution in [0.2, 0.25) is 0 Å². The summed E-state index contributed by atoms with van der Waals surface area (Å²) in [5.74, 6) is -0.473. The van der Waals surface area contributed by atoms with Gasteiger partial charge in [0.1, 0.15) is 0 Å². The van der Waals surface area contributed by atoms with Gasteiger partial charge in [-0.3, -0.25) is 19.3 Å². The average molecular weight is 255 g/mol. The zero-order valence-corrected chi connectivity index (χ0v) is 9.97. The molecule has 0 aliphatic carbocycles. The highest BCUT2D eigenvalue weighted by molar-refractivity contribution is 8.15. The van der Waals surface area contributed by atoms with Gasteiger partial charge >= 0.3 is 5.91 Å². The maximum Gasteiger partial charge on any atom is 0.308 e. The Morgan fingerprint density at radius 2 is 2.19 bits per heavy atom. The third-order valence-corrected chi connectivity index (χ3v) is 3.81. The second-order valence-corrected chi connectivity index (χ2v) is 5.11. The predicted octanol–water partition coefficient (Wildman–Crippen LogP) is 1.38. The summed E-state index contributed by atoms with van der Waals surface area (Å²) in [5, 5.41) is 2.91. The van der Waals surface area contributed by atoms with Crippen LogP contribution in [0.1, 0.15) is 16.8 Å². The maximum absolute atomic E-state index is 11.9. The summed E-state index contributed by atoms with van der Waals surface area (Å²) in [5.41, 5.74) is 0.470. The van der Waals surface area contributed by atoms with E-state index in [1.165, 1.54) is 11.3 Å². The molecular formula is C10H9NO3S2. The van der Waals surface area contributed by atoms with Crippen LogP contribution in [-0.2, 0) is 9.59 Å². The normalized spacial score (nSPS) is 17.4. The molecule has 0 atom stereocenters. The van der Waals surface area contributed by atoms with Crippen molar-refractivity contribution in [2.24, 2.45) is 0 Å². The van der Waals surface area contributed by atoms with Crippen molar-refractivity contribution in [3.05, 3.63) is 22.4 Å². The van der Waals surface area contributed by atoms with Gasteiger partial charge in [0, 0.05) is 17.7 Å². The van der Waals surface area contributed by atoms with Crippen LogP contribution in [0.4, 0.5) is 0 Å². The molecular weight excluding hydrogens is 246 g/mol. The Kier molecular flexibility index (Phi) is 3.40. The Balaban J connectivity index is 2.22. The quantitative estimate of drug-likeness (QED) is 0.562. The van der Waals surface area contributed by atoms with Crippen molar-refractivity contribution >= 4 is 40.0 Å². The lowest BCUT2D eigenvalue weighted by Gasteiger charge is -2.16. The highest BCUT2D eigenvalue weighted by Gasteiger charge is 2.30. The first-order chi connectivity index (χ1) is 7.70. The number of rotatable bonds is 1. The van der Waals surface area contributed by atoms with Gasteiger partial charge in [0.05, 0.1) is 5.56 Å². The maximum atomic E-state index is 11.9. The Hall–Kier alpha value is -1.14. The molecule has 0 saturated carbocycles. The van der Waals surface area contributed by atoms with Crippen molar-refractivity contribution < 1.29 is 14.4 Å². The summed E-state index contributed by atoms with van der Waals surface area (Å²) in [6, 6.07) is 1.66. The van der Waals surface area contributed by atoms with E-state index in [9.17, 15) is 14.4 Å². The summed E-state index contributed by atoms with van der Waals surface area (Å²) >= 11 is 2.38. The fourth-order valence-corrected chi connectivity index (χ4v) is 2.72. The largest absolute Gasteiger partial charge is 0.308 e. The number of imide groups is 1. The second kappa shape index (κ2) is 4.80. The van der Waals surface area contributed by atoms with E-state index in [0.717, 1.165) is 16.7 Å². The molecule has 0 spiro atoms. The summed E-state index contributed by atoms with van der Waals surface area (Å²) in [6.07, 6.45) is 0.665. The van der Waals surface area contributed by atoms with Crippen molar-refractivity contribution in [3.8, 4) is 0 Å². The van der Waals surface area contributed by atoms with Gasteiger partial charge in [-0.25, -0.2) is 0 Å². The van der Waals surface area contributed by atoms with E-state index in [1.54, 1.807) is 16.8 Å². The molecule has 0 radical (unpaired) electrons. The van der Waals surface area contributed by atoms with Crippen LogP contribution in [0.15, 0.2) is 16.8 Å². The number of nitrogens with zero attached hydrogens (tertiary/aromatic N) is 1. The third-order valence-electron chi connectivity index (χ3n) is 2.19. The van der Waals surface area contributed by atoms with Crippen LogP contribution >= 0.6 is 23.1 Å². The Labute approximate surface area is 101 Å². The number of carbonyl (C=O) groups excluding carboxylic acids is 3. The molecule has 1 aromatic rings. The van der Waals surface area contributed by atoms with Gasteiger partial charge in [0.25, 0.3) is 11.0 Å². The van der Waals surface area contributed by atoms with Gasteiger partial charge in [0.2, 0.25) is 0 Å². The average Bonchev–Trinajstić information content (AvgIpc) is 2.75. The van der Waals surface area contributed by atoms with Crippen molar-refractivity contribution in [2.45, 2.75) is 6.42 Å². The van der Waals surface area contributed by atoms with Gasteiger partial charge in [-0.05, 0) is 17.9 Å². The van der Waals surface area contributed by atoms with Crippen LogP contribution in [0.5, 0.6) is 0 Å². The number of thioether (sulfide) groups is 1. The second-order valence-electron chi connectivity index (χ2n) is 3.26. The number of carbonyl (C=O) groups is 3. The predicted molar refractivity (Wildman–Crippen MR) is 62.4 cm³/mol. The first-order valence-electron chi connectivity index (χ1n) is 4.75. The standard InChI is InChI=1S/C10H9NO3S2/c12-8(7-2-5-15-6-7)11-3-1-4-16-10(14)9(11)13/h2,5-6H,1,3-4H2. The number of hydrogen-bond acceptors (Lipinski definition) is 5. The number of thiophene rings is 1. The van der Waals surface area contributed by atoms with Gasteiger partial charge in [-0.1, -0.05) is 11.8 Å². The zero-order chi connectivity index (χ0) is 11.5. The van der Waals surface area contributed by atoms with Crippen LogP contribution in [-0.4, -0.2) is 34.1 Å². The Morgan fingerprint density at radius 1 is 1.38 bits per heavy atom. The lowest BCUT2D eigenvalue weighted by atomic mass is 10.2. The minimum Gasteiger partial charge on any atom is -0.276 e. The molecule has 2 amide bonds. The molecule has 1 saturated heterocycles. The molecule has 4 nitrogen and oxygen atoms in total. The molecule has 1 fully saturated rings. The molecule has 0 N–H and O–H groups in total. The third kappa shape index (κ3) is 2.17. The fourth-order valence-electron chi connectivity index (χ4n) is 1.40. The van der Waals surface area contributed by atoms with Crippen molar-refractivity contribution in [3.63, 3.8) is 0 Å². The van der Waals surface area contributed by atoms with E-state index < -0.39 is 11.0 Å². The summed E-state index contributed by atoms with van der Waals surface area (Å²) in [7, 11) is 0. The highest BCUT2D eigenvalue weighted by atomic mass is 32.2. The molecule has 0 unspecified atom stereocenters. The zero-order valence-electron chi connectivity index (χ0n) is 8.34. The SMILES string of the molecule is O=C1SCCCN(C(=O)c2ccsc2)C1=O. The molecule has 6 heteroatoms. The van der Waals surface area contributed by atoms with Gasteiger partial charge < -0.3 is 0 Å².